The SMILES string of the molecule is Cc1ccn(-c2ccccc2Br)c(=O)c1C#N. The number of aryl methyl sites for hydroxylation is 1. The van der Waals surface area contributed by atoms with Crippen molar-refractivity contribution < 1.29 is 0 Å². The van der Waals surface area contributed by atoms with Crippen molar-refractivity contribution in [3.05, 3.63) is 62.5 Å². The zero-order valence-electron chi connectivity index (χ0n) is 9.14. The van der Waals surface area contributed by atoms with E-state index in [4.69, 9.17) is 5.26 Å². The van der Waals surface area contributed by atoms with Gasteiger partial charge in [-0.3, -0.25) is 9.36 Å². The van der Waals surface area contributed by atoms with Gasteiger partial charge in [0.15, 0.2) is 0 Å². The van der Waals surface area contributed by atoms with Crippen LogP contribution < -0.4 is 5.56 Å². The molecule has 84 valence electrons. The highest BCUT2D eigenvalue weighted by Gasteiger charge is 2.09. The van der Waals surface area contributed by atoms with Gasteiger partial charge in [-0.25, -0.2) is 0 Å². The molecule has 0 N–H and O–H groups in total. The van der Waals surface area contributed by atoms with Crippen LogP contribution in [0.1, 0.15) is 11.1 Å². The van der Waals surface area contributed by atoms with Gasteiger partial charge < -0.3 is 0 Å². The lowest BCUT2D eigenvalue weighted by Crippen LogP contribution is -2.21. The summed E-state index contributed by atoms with van der Waals surface area (Å²) in [5, 5.41) is 8.96. The molecule has 0 saturated heterocycles. The second-order valence-corrected chi connectivity index (χ2v) is 4.47. The van der Waals surface area contributed by atoms with Crippen molar-refractivity contribution in [2.75, 3.05) is 0 Å². The minimum absolute atomic E-state index is 0.184. The van der Waals surface area contributed by atoms with E-state index in [2.05, 4.69) is 15.9 Å². The third-order valence-electron chi connectivity index (χ3n) is 2.52. The van der Waals surface area contributed by atoms with Crippen LogP contribution in [0.3, 0.4) is 0 Å². The molecule has 0 atom stereocenters. The molecule has 0 saturated carbocycles. The van der Waals surface area contributed by atoms with Gasteiger partial charge in [-0.15, -0.1) is 0 Å². The van der Waals surface area contributed by atoms with Crippen molar-refractivity contribution in [2.45, 2.75) is 6.92 Å². The zero-order valence-corrected chi connectivity index (χ0v) is 10.7. The summed E-state index contributed by atoms with van der Waals surface area (Å²) in [5.74, 6) is 0. The Morgan fingerprint density at radius 2 is 2.00 bits per heavy atom. The molecule has 1 aromatic heterocycles. The number of benzene rings is 1. The molecule has 3 nitrogen and oxygen atoms in total. The van der Waals surface area contributed by atoms with Crippen LogP contribution in [0.4, 0.5) is 0 Å². The molecule has 0 bridgehead atoms. The first-order chi connectivity index (χ1) is 8.15. The maximum absolute atomic E-state index is 12.1. The molecule has 17 heavy (non-hydrogen) atoms. The first-order valence-electron chi connectivity index (χ1n) is 5.02. The molecule has 0 amide bonds. The summed E-state index contributed by atoms with van der Waals surface area (Å²) in [6.07, 6.45) is 1.68. The lowest BCUT2D eigenvalue weighted by Gasteiger charge is -2.08. The Morgan fingerprint density at radius 1 is 1.29 bits per heavy atom. The van der Waals surface area contributed by atoms with Crippen LogP contribution in [-0.2, 0) is 0 Å². The highest BCUT2D eigenvalue weighted by atomic mass is 79.9. The molecule has 0 fully saturated rings. The third kappa shape index (κ3) is 2.02. The molecule has 0 unspecified atom stereocenters. The summed E-state index contributed by atoms with van der Waals surface area (Å²) >= 11 is 3.39. The molecule has 4 heteroatoms. The Balaban J connectivity index is 2.76. The third-order valence-corrected chi connectivity index (χ3v) is 3.19. The molecular formula is C13H9BrN2O. The maximum atomic E-state index is 12.1. The number of hydrogen-bond donors (Lipinski definition) is 0. The van der Waals surface area contributed by atoms with Gasteiger partial charge in [-0.05, 0) is 46.6 Å². The predicted molar refractivity (Wildman–Crippen MR) is 69.2 cm³/mol. The van der Waals surface area contributed by atoms with Gasteiger partial charge >= 0.3 is 0 Å². The van der Waals surface area contributed by atoms with E-state index in [0.29, 0.717) is 5.56 Å². The number of pyridine rings is 1. The van der Waals surface area contributed by atoms with Gasteiger partial charge in [0, 0.05) is 10.7 Å². The van der Waals surface area contributed by atoms with E-state index < -0.39 is 0 Å². The maximum Gasteiger partial charge on any atom is 0.273 e. The summed E-state index contributed by atoms with van der Waals surface area (Å²) in [7, 11) is 0. The van der Waals surface area contributed by atoms with Crippen LogP contribution in [0, 0.1) is 18.3 Å². The largest absolute Gasteiger partial charge is 0.282 e. The first-order valence-corrected chi connectivity index (χ1v) is 5.81. The number of para-hydroxylation sites is 1. The molecule has 1 aromatic carbocycles. The minimum Gasteiger partial charge on any atom is -0.282 e. The fraction of sp³-hybridized carbons (Fsp3) is 0.0769. The van der Waals surface area contributed by atoms with Crippen molar-refractivity contribution in [3.8, 4) is 11.8 Å². The molecule has 2 aromatic rings. The number of rotatable bonds is 1. The quantitative estimate of drug-likeness (QED) is 0.810. The fourth-order valence-electron chi connectivity index (χ4n) is 1.60. The van der Waals surface area contributed by atoms with Crippen molar-refractivity contribution >= 4 is 15.9 Å². The number of aromatic nitrogens is 1. The van der Waals surface area contributed by atoms with Crippen LogP contribution >= 0.6 is 15.9 Å². The lowest BCUT2D eigenvalue weighted by atomic mass is 10.1. The van der Waals surface area contributed by atoms with Crippen LogP contribution in [0.25, 0.3) is 5.69 Å². The summed E-state index contributed by atoms with van der Waals surface area (Å²) < 4.78 is 2.28. The molecule has 1 heterocycles. The van der Waals surface area contributed by atoms with Crippen LogP contribution in [0.15, 0.2) is 45.8 Å². The van der Waals surface area contributed by atoms with E-state index in [0.717, 1.165) is 10.2 Å². The van der Waals surface area contributed by atoms with Gasteiger partial charge in [-0.2, -0.15) is 5.26 Å². The number of nitrogens with zero attached hydrogens (tertiary/aromatic N) is 2. The Bertz CT molecular complexity index is 668. The molecule has 2 rings (SSSR count). The standard InChI is InChI=1S/C13H9BrN2O/c1-9-6-7-16(13(17)10(9)8-15)12-5-3-2-4-11(12)14/h2-7H,1H3. The summed E-state index contributed by atoms with van der Waals surface area (Å²) in [5.41, 5.74) is 1.32. The topological polar surface area (TPSA) is 45.8 Å². The van der Waals surface area contributed by atoms with Crippen LogP contribution in [0.2, 0.25) is 0 Å². The highest BCUT2D eigenvalue weighted by Crippen LogP contribution is 2.19. The zero-order chi connectivity index (χ0) is 12.4. The number of hydrogen-bond acceptors (Lipinski definition) is 2. The van der Waals surface area contributed by atoms with E-state index in [1.54, 1.807) is 19.2 Å². The summed E-state index contributed by atoms with van der Waals surface area (Å²) in [6.45, 7) is 1.75. The predicted octanol–water partition coefficient (Wildman–Crippen LogP) is 2.78. The van der Waals surface area contributed by atoms with Gasteiger partial charge in [0.25, 0.3) is 5.56 Å². The minimum atomic E-state index is -0.292. The van der Waals surface area contributed by atoms with Crippen LogP contribution in [-0.4, -0.2) is 4.57 Å². The van der Waals surface area contributed by atoms with Gasteiger partial charge in [0.2, 0.25) is 0 Å². The Labute approximate surface area is 107 Å². The molecular weight excluding hydrogens is 280 g/mol. The summed E-state index contributed by atoms with van der Waals surface area (Å²) in [4.78, 5) is 12.1. The monoisotopic (exact) mass is 288 g/mol. The Kier molecular flexibility index (Phi) is 3.12. The van der Waals surface area contributed by atoms with Crippen LogP contribution in [0.5, 0.6) is 0 Å². The second kappa shape index (κ2) is 4.56. The smallest absolute Gasteiger partial charge is 0.273 e. The normalized spacial score (nSPS) is 9.94. The Hall–Kier alpha value is -1.86. The van der Waals surface area contributed by atoms with E-state index >= 15 is 0 Å². The lowest BCUT2D eigenvalue weighted by molar-refractivity contribution is 0.967. The summed E-state index contributed by atoms with van der Waals surface area (Å²) in [6, 6.07) is 11.1. The van der Waals surface area contributed by atoms with Gasteiger partial charge in [-0.1, -0.05) is 12.1 Å². The molecule has 0 radical (unpaired) electrons. The van der Waals surface area contributed by atoms with Gasteiger partial charge in [0.1, 0.15) is 11.6 Å². The first kappa shape index (κ1) is 11.6. The number of halogens is 1. The van der Waals surface area contributed by atoms with E-state index in [1.165, 1.54) is 4.57 Å². The van der Waals surface area contributed by atoms with Crippen molar-refractivity contribution in [2.24, 2.45) is 0 Å². The molecule has 0 aliphatic heterocycles. The van der Waals surface area contributed by atoms with Crippen molar-refractivity contribution in [1.82, 2.24) is 4.57 Å². The molecule has 0 spiro atoms. The van der Waals surface area contributed by atoms with Crippen molar-refractivity contribution in [3.63, 3.8) is 0 Å². The van der Waals surface area contributed by atoms with Gasteiger partial charge in [0.05, 0.1) is 5.69 Å². The number of nitriles is 1. The van der Waals surface area contributed by atoms with Crippen molar-refractivity contribution in [1.29, 1.82) is 5.26 Å². The fourth-order valence-corrected chi connectivity index (χ4v) is 2.08. The second-order valence-electron chi connectivity index (χ2n) is 3.61. The van der Waals surface area contributed by atoms with E-state index in [1.807, 2.05) is 30.3 Å². The molecule has 0 aliphatic rings. The average molecular weight is 289 g/mol. The average Bonchev–Trinajstić information content (AvgIpc) is 2.31. The highest BCUT2D eigenvalue weighted by molar-refractivity contribution is 9.10. The van der Waals surface area contributed by atoms with E-state index in [-0.39, 0.29) is 11.1 Å². The molecule has 0 aliphatic carbocycles. The Morgan fingerprint density at radius 3 is 2.65 bits per heavy atom. The van der Waals surface area contributed by atoms with E-state index in [9.17, 15) is 4.79 Å².